The molecule has 0 amide bonds. The van der Waals surface area contributed by atoms with Crippen LogP contribution in [0.5, 0.6) is 5.75 Å². The van der Waals surface area contributed by atoms with Gasteiger partial charge in [0.2, 0.25) is 0 Å². The number of rotatable bonds is 3. The van der Waals surface area contributed by atoms with Crippen molar-refractivity contribution < 1.29 is 4.74 Å². The summed E-state index contributed by atoms with van der Waals surface area (Å²) in [4.78, 5) is 12.1. The second kappa shape index (κ2) is 5.88. The highest BCUT2D eigenvalue weighted by Crippen LogP contribution is 2.26. The van der Waals surface area contributed by atoms with E-state index < -0.39 is 0 Å². The van der Waals surface area contributed by atoms with Crippen molar-refractivity contribution in [3.8, 4) is 5.75 Å². The zero-order valence-electron chi connectivity index (χ0n) is 9.69. The molecule has 0 fully saturated rings. The predicted octanol–water partition coefficient (Wildman–Crippen LogP) is 3.27. The van der Waals surface area contributed by atoms with Gasteiger partial charge in [-0.25, -0.2) is 0 Å². The minimum absolute atomic E-state index is 0.0869. The van der Waals surface area contributed by atoms with Crippen LogP contribution in [0.1, 0.15) is 5.56 Å². The van der Waals surface area contributed by atoms with Crippen LogP contribution in [0.3, 0.4) is 0 Å². The van der Waals surface area contributed by atoms with Gasteiger partial charge in [0, 0.05) is 6.20 Å². The lowest BCUT2D eigenvalue weighted by atomic mass is 10.2. The monoisotopic (exact) mass is 419 g/mol. The van der Waals surface area contributed by atoms with Gasteiger partial charge < -0.3 is 9.30 Å². The standard InChI is InChI=1S/C13H11BrINO2/c1-18-12-10(15)8-16(13(17)11(12)14)7-9-5-3-2-4-6-9/h2-6,8H,7H2,1H3. The molecule has 1 aromatic carbocycles. The SMILES string of the molecule is COc1c(I)cn(Cc2ccccc2)c(=O)c1Br. The molecule has 5 heteroatoms. The predicted molar refractivity (Wildman–Crippen MR) is 83.2 cm³/mol. The van der Waals surface area contributed by atoms with Gasteiger partial charge in [0.25, 0.3) is 5.56 Å². The third-order valence-corrected chi connectivity index (χ3v) is 4.00. The molecule has 1 aromatic heterocycles. The minimum atomic E-state index is -0.0869. The number of pyridine rings is 1. The van der Waals surface area contributed by atoms with Crippen molar-refractivity contribution >= 4 is 38.5 Å². The molecule has 0 aliphatic carbocycles. The zero-order chi connectivity index (χ0) is 13.1. The van der Waals surface area contributed by atoms with E-state index >= 15 is 0 Å². The topological polar surface area (TPSA) is 31.2 Å². The van der Waals surface area contributed by atoms with Crippen LogP contribution in [0, 0.1) is 3.57 Å². The molecule has 0 radical (unpaired) electrons. The van der Waals surface area contributed by atoms with E-state index in [4.69, 9.17) is 4.74 Å². The Morgan fingerprint density at radius 1 is 1.33 bits per heavy atom. The first kappa shape index (κ1) is 13.6. The Hall–Kier alpha value is -0.820. The summed E-state index contributed by atoms with van der Waals surface area (Å²) >= 11 is 5.45. The van der Waals surface area contributed by atoms with E-state index in [1.165, 1.54) is 0 Å². The van der Waals surface area contributed by atoms with Gasteiger partial charge in [0.05, 0.1) is 17.2 Å². The molecule has 0 aliphatic rings. The Labute approximate surface area is 127 Å². The number of hydrogen-bond acceptors (Lipinski definition) is 2. The number of ether oxygens (including phenoxy) is 1. The molecule has 0 N–H and O–H groups in total. The van der Waals surface area contributed by atoms with E-state index in [-0.39, 0.29) is 5.56 Å². The summed E-state index contributed by atoms with van der Waals surface area (Å²) in [6.07, 6.45) is 1.81. The summed E-state index contributed by atoms with van der Waals surface area (Å²) in [6.45, 7) is 0.554. The van der Waals surface area contributed by atoms with Gasteiger partial charge in [0.1, 0.15) is 4.47 Å². The van der Waals surface area contributed by atoms with Crippen molar-refractivity contribution in [3.05, 3.63) is 60.5 Å². The van der Waals surface area contributed by atoms with Gasteiger partial charge in [-0.1, -0.05) is 30.3 Å². The third-order valence-electron chi connectivity index (χ3n) is 2.53. The van der Waals surface area contributed by atoms with Crippen molar-refractivity contribution in [2.75, 3.05) is 7.11 Å². The van der Waals surface area contributed by atoms with E-state index in [9.17, 15) is 4.79 Å². The van der Waals surface area contributed by atoms with E-state index in [0.717, 1.165) is 9.13 Å². The van der Waals surface area contributed by atoms with Crippen molar-refractivity contribution in [2.45, 2.75) is 6.54 Å². The van der Waals surface area contributed by atoms with Crippen molar-refractivity contribution in [1.82, 2.24) is 4.57 Å². The van der Waals surface area contributed by atoms with Crippen molar-refractivity contribution in [2.24, 2.45) is 0 Å². The quantitative estimate of drug-likeness (QED) is 0.715. The first-order chi connectivity index (χ1) is 8.63. The molecule has 2 rings (SSSR count). The fourth-order valence-electron chi connectivity index (χ4n) is 1.67. The fraction of sp³-hybridized carbons (Fsp3) is 0.154. The average molecular weight is 420 g/mol. The number of methoxy groups -OCH3 is 1. The molecule has 0 unspecified atom stereocenters. The van der Waals surface area contributed by atoms with Crippen LogP contribution in [-0.4, -0.2) is 11.7 Å². The Kier molecular flexibility index (Phi) is 4.45. The summed E-state index contributed by atoms with van der Waals surface area (Å²) in [6, 6.07) is 9.88. The lowest BCUT2D eigenvalue weighted by molar-refractivity contribution is 0.406. The van der Waals surface area contributed by atoms with Gasteiger partial charge in [-0.15, -0.1) is 0 Å². The molecule has 0 atom stereocenters. The molecule has 3 nitrogen and oxygen atoms in total. The highest BCUT2D eigenvalue weighted by Gasteiger charge is 2.12. The van der Waals surface area contributed by atoms with Crippen LogP contribution < -0.4 is 10.3 Å². The number of benzene rings is 1. The number of aromatic nitrogens is 1. The minimum Gasteiger partial charge on any atom is -0.494 e. The largest absolute Gasteiger partial charge is 0.494 e. The molecule has 0 bridgehead atoms. The second-order valence-corrected chi connectivity index (χ2v) is 5.70. The van der Waals surface area contributed by atoms with Crippen molar-refractivity contribution in [1.29, 1.82) is 0 Å². The molecule has 0 saturated heterocycles. The average Bonchev–Trinajstić information content (AvgIpc) is 2.37. The van der Waals surface area contributed by atoms with Gasteiger partial charge in [0.15, 0.2) is 5.75 Å². The molecule has 1 heterocycles. The van der Waals surface area contributed by atoms with E-state index in [0.29, 0.717) is 16.8 Å². The molecule has 0 spiro atoms. The summed E-state index contributed by atoms with van der Waals surface area (Å²) in [5.74, 6) is 0.588. The Balaban J connectivity index is 2.44. The molecule has 2 aromatic rings. The van der Waals surface area contributed by atoms with Crippen molar-refractivity contribution in [3.63, 3.8) is 0 Å². The van der Waals surface area contributed by atoms with Gasteiger partial charge in [-0.2, -0.15) is 0 Å². The lowest BCUT2D eigenvalue weighted by Crippen LogP contribution is -2.22. The Morgan fingerprint density at radius 2 is 2.00 bits per heavy atom. The third kappa shape index (κ3) is 2.77. The van der Waals surface area contributed by atoms with Crippen LogP contribution in [0.15, 0.2) is 45.8 Å². The molecular weight excluding hydrogens is 409 g/mol. The maximum Gasteiger partial charge on any atom is 0.269 e. The second-order valence-electron chi connectivity index (χ2n) is 3.74. The van der Waals surface area contributed by atoms with Crippen LogP contribution in [0.2, 0.25) is 0 Å². The van der Waals surface area contributed by atoms with Gasteiger partial charge >= 0.3 is 0 Å². The lowest BCUT2D eigenvalue weighted by Gasteiger charge is -2.11. The number of nitrogens with zero attached hydrogens (tertiary/aromatic N) is 1. The fourth-order valence-corrected chi connectivity index (χ4v) is 3.47. The summed E-state index contributed by atoms with van der Waals surface area (Å²) in [5.41, 5.74) is 1.00. The highest BCUT2D eigenvalue weighted by molar-refractivity contribution is 14.1. The normalized spacial score (nSPS) is 10.4. The van der Waals surface area contributed by atoms with Gasteiger partial charge in [-0.3, -0.25) is 4.79 Å². The van der Waals surface area contributed by atoms with E-state index in [1.54, 1.807) is 17.9 Å². The van der Waals surface area contributed by atoms with Crippen LogP contribution in [0.4, 0.5) is 0 Å². The van der Waals surface area contributed by atoms with Crippen LogP contribution in [-0.2, 0) is 6.54 Å². The van der Waals surface area contributed by atoms with E-state index in [1.807, 2.05) is 30.3 Å². The maximum atomic E-state index is 12.1. The number of halogens is 2. The Morgan fingerprint density at radius 3 is 2.61 bits per heavy atom. The molecule has 0 saturated carbocycles. The maximum absolute atomic E-state index is 12.1. The van der Waals surface area contributed by atoms with Crippen LogP contribution >= 0.6 is 38.5 Å². The summed E-state index contributed by atoms with van der Waals surface area (Å²) in [7, 11) is 1.56. The van der Waals surface area contributed by atoms with E-state index in [2.05, 4.69) is 38.5 Å². The molecule has 94 valence electrons. The van der Waals surface area contributed by atoms with Crippen LogP contribution in [0.25, 0.3) is 0 Å². The highest BCUT2D eigenvalue weighted by atomic mass is 127. The summed E-state index contributed by atoms with van der Waals surface area (Å²) < 4.78 is 8.23. The zero-order valence-corrected chi connectivity index (χ0v) is 13.4. The molecule has 18 heavy (non-hydrogen) atoms. The Bertz CT molecular complexity index is 610. The molecular formula is C13H11BrINO2. The first-order valence-corrected chi connectivity index (χ1v) is 7.17. The molecule has 0 aliphatic heterocycles. The number of hydrogen-bond donors (Lipinski definition) is 0. The van der Waals surface area contributed by atoms with Gasteiger partial charge in [-0.05, 0) is 44.1 Å². The summed E-state index contributed by atoms with van der Waals surface area (Å²) in [5, 5.41) is 0. The first-order valence-electron chi connectivity index (χ1n) is 5.30. The smallest absolute Gasteiger partial charge is 0.269 e.